The molecule has 0 fully saturated rings. The van der Waals surface area contributed by atoms with E-state index in [1.165, 1.54) is 18.2 Å². The molecule has 0 unspecified atom stereocenters. The van der Waals surface area contributed by atoms with Crippen LogP contribution in [0.2, 0.25) is 0 Å². The molecule has 0 aromatic heterocycles. The lowest BCUT2D eigenvalue weighted by molar-refractivity contribution is -0.137. The van der Waals surface area contributed by atoms with Crippen LogP contribution in [0.5, 0.6) is 0 Å². The highest BCUT2D eigenvalue weighted by Gasteiger charge is 2.29. The van der Waals surface area contributed by atoms with Gasteiger partial charge >= 0.3 is 18.0 Å². The van der Waals surface area contributed by atoms with Gasteiger partial charge in [0.15, 0.2) is 0 Å². The fraction of sp³-hybridized carbons (Fsp3) is 0.160. The van der Waals surface area contributed by atoms with Crippen LogP contribution in [0, 0.1) is 0 Å². The Hall–Kier alpha value is -4.13. The van der Waals surface area contributed by atoms with Crippen molar-refractivity contribution >= 4 is 18.0 Å². The number of aliphatic carboxylic acids is 1. The van der Waals surface area contributed by atoms with Crippen molar-refractivity contribution in [1.29, 1.82) is 0 Å². The van der Waals surface area contributed by atoms with Gasteiger partial charge in [0, 0.05) is 5.92 Å². The zero-order valence-corrected chi connectivity index (χ0v) is 17.0. The van der Waals surface area contributed by atoms with Gasteiger partial charge in [0.2, 0.25) is 0 Å². The number of ether oxygens (including phenoxy) is 1. The van der Waals surface area contributed by atoms with E-state index in [0.29, 0.717) is 5.56 Å². The number of amides is 1. The highest BCUT2D eigenvalue weighted by molar-refractivity contribution is 5.88. The van der Waals surface area contributed by atoms with Gasteiger partial charge in [0.05, 0.1) is 18.0 Å². The Morgan fingerprint density at radius 2 is 1.50 bits per heavy atom. The first-order valence-corrected chi connectivity index (χ1v) is 10.1. The number of carboxylic acids is 2. The molecule has 7 nitrogen and oxygen atoms in total. The smallest absolute Gasteiger partial charge is 0.407 e. The molecule has 0 bridgehead atoms. The summed E-state index contributed by atoms with van der Waals surface area (Å²) in [5, 5.41) is 21.0. The Morgan fingerprint density at radius 3 is 2.09 bits per heavy atom. The van der Waals surface area contributed by atoms with Crippen LogP contribution in [-0.2, 0) is 9.53 Å². The van der Waals surface area contributed by atoms with E-state index in [4.69, 9.17) is 4.74 Å². The summed E-state index contributed by atoms with van der Waals surface area (Å²) in [6.07, 6.45) is -1.17. The Labute approximate surface area is 184 Å². The number of carbonyl (C=O) groups is 3. The second-order valence-corrected chi connectivity index (χ2v) is 7.55. The van der Waals surface area contributed by atoms with E-state index in [0.717, 1.165) is 22.3 Å². The molecule has 7 heteroatoms. The Balaban J connectivity index is 1.49. The van der Waals surface area contributed by atoms with Gasteiger partial charge in [-0.2, -0.15) is 0 Å². The first-order chi connectivity index (χ1) is 15.4. The lowest BCUT2D eigenvalue weighted by atomic mass is 9.98. The molecule has 0 spiro atoms. The van der Waals surface area contributed by atoms with Crippen molar-refractivity contribution in [2.24, 2.45) is 0 Å². The van der Waals surface area contributed by atoms with Gasteiger partial charge in [0.1, 0.15) is 6.61 Å². The number of fused-ring (bicyclic) bond motifs is 3. The number of rotatable bonds is 7. The maximum atomic E-state index is 12.6. The SMILES string of the molecule is O=C(O)C[C@H](NC(=O)OCC1c2ccccc2-c2ccccc21)c1cccc(C(=O)O)c1. The molecule has 1 atom stereocenters. The number of carbonyl (C=O) groups excluding carboxylic acids is 1. The van der Waals surface area contributed by atoms with E-state index in [1.807, 2.05) is 48.5 Å². The zero-order chi connectivity index (χ0) is 22.7. The maximum absolute atomic E-state index is 12.6. The molecule has 1 aliphatic rings. The highest BCUT2D eigenvalue weighted by Crippen LogP contribution is 2.44. The third-order valence-electron chi connectivity index (χ3n) is 5.55. The van der Waals surface area contributed by atoms with E-state index in [1.54, 1.807) is 6.07 Å². The van der Waals surface area contributed by atoms with Crippen LogP contribution in [0.15, 0.2) is 72.8 Å². The van der Waals surface area contributed by atoms with E-state index < -0.39 is 30.5 Å². The summed E-state index contributed by atoms with van der Waals surface area (Å²) in [6, 6.07) is 20.8. The molecule has 3 aromatic rings. The molecule has 32 heavy (non-hydrogen) atoms. The van der Waals surface area contributed by atoms with Crippen molar-refractivity contribution < 1.29 is 29.3 Å². The van der Waals surface area contributed by atoms with E-state index in [-0.39, 0.29) is 18.1 Å². The van der Waals surface area contributed by atoms with Crippen molar-refractivity contribution in [1.82, 2.24) is 5.32 Å². The number of carboxylic acid groups (broad SMARTS) is 2. The molecule has 4 rings (SSSR count). The maximum Gasteiger partial charge on any atom is 0.407 e. The van der Waals surface area contributed by atoms with Gasteiger partial charge in [0.25, 0.3) is 0 Å². The number of aromatic carboxylic acids is 1. The van der Waals surface area contributed by atoms with Gasteiger partial charge in [-0.05, 0) is 39.9 Å². The van der Waals surface area contributed by atoms with Crippen LogP contribution in [-0.4, -0.2) is 34.9 Å². The largest absolute Gasteiger partial charge is 0.481 e. The summed E-state index contributed by atoms with van der Waals surface area (Å²) in [7, 11) is 0. The minimum Gasteiger partial charge on any atom is -0.481 e. The van der Waals surface area contributed by atoms with E-state index in [2.05, 4.69) is 5.32 Å². The molecule has 0 heterocycles. The molecule has 0 radical (unpaired) electrons. The number of benzene rings is 3. The monoisotopic (exact) mass is 431 g/mol. The molecule has 0 saturated carbocycles. The van der Waals surface area contributed by atoms with Crippen molar-refractivity contribution in [3.63, 3.8) is 0 Å². The number of alkyl carbamates (subject to hydrolysis) is 1. The van der Waals surface area contributed by atoms with Crippen molar-refractivity contribution in [3.8, 4) is 11.1 Å². The Bertz CT molecular complexity index is 1140. The van der Waals surface area contributed by atoms with Crippen LogP contribution in [0.4, 0.5) is 4.79 Å². The second-order valence-electron chi connectivity index (χ2n) is 7.55. The fourth-order valence-electron chi connectivity index (χ4n) is 4.10. The number of hydrogen-bond donors (Lipinski definition) is 3. The summed E-state index contributed by atoms with van der Waals surface area (Å²) < 4.78 is 5.49. The predicted octanol–water partition coefficient (Wildman–Crippen LogP) is 4.44. The lowest BCUT2D eigenvalue weighted by Crippen LogP contribution is -2.31. The van der Waals surface area contributed by atoms with Gasteiger partial charge in [-0.15, -0.1) is 0 Å². The molecule has 0 aliphatic heterocycles. The Kier molecular flexibility index (Phi) is 5.89. The van der Waals surface area contributed by atoms with Gasteiger partial charge in [-0.1, -0.05) is 60.7 Å². The fourth-order valence-corrected chi connectivity index (χ4v) is 4.10. The van der Waals surface area contributed by atoms with Crippen LogP contribution >= 0.6 is 0 Å². The quantitative estimate of drug-likeness (QED) is 0.510. The molecule has 1 aliphatic carbocycles. The molecule has 1 amide bonds. The predicted molar refractivity (Wildman–Crippen MR) is 117 cm³/mol. The molecular formula is C25H21NO6. The Morgan fingerprint density at radius 1 is 0.875 bits per heavy atom. The van der Waals surface area contributed by atoms with Crippen LogP contribution in [0.1, 0.15) is 45.4 Å². The molecular weight excluding hydrogens is 410 g/mol. The number of hydrogen-bond acceptors (Lipinski definition) is 4. The molecule has 3 N–H and O–H groups in total. The topological polar surface area (TPSA) is 113 Å². The highest BCUT2D eigenvalue weighted by atomic mass is 16.5. The molecule has 3 aromatic carbocycles. The second kappa shape index (κ2) is 8.93. The van der Waals surface area contributed by atoms with E-state index >= 15 is 0 Å². The van der Waals surface area contributed by atoms with Crippen LogP contribution in [0.3, 0.4) is 0 Å². The lowest BCUT2D eigenvalue weighted by Gasteiger charge is -2.19. The first kappa shape index (κ1) is 21.1. The number of nitrogens with one attached hydrogen (secondary N) is 1. The van der Waals surface area contributed by atoms with Gasteiger partial charge in [-0.3, -0.25) is 4.79 Å². The summed E-state index contributed by atoms with van der Waals surface area (Å²) in [5.74, 6) is -2.39. The summed E-state index contributed by atoms with van der Waals surface area (Å²) in [4.78, 5) is 35.1. The summed E-state index contributed by atoms with van der Waals surface area (Å²) in [5.41, 5.74) is 4.72. The standard InChI is InChI=1S/C25H21NO6/c27-23(28)13-22(15-6-5-7-16(12-15)24(29)30)26-25(31)32-14-21-19-10-3-1-8-17(19)18-9-2-4-11-20(18)21/h1-12,21-22H,13-14H2,(H,26,31)(H,27,28)(H,29,30)/t22-/m0/s1. The summed E-state index contributed by atoms with van der Waals surface area (Å²) >= 11 is 0. The third kappa shape index (κ3) is 4.32. The van der Waals surface area contributed by atoms with E-state index in [9.17, 15) is 24.6 Å². The third-order valence-corrected chi connectivity index (χ3v) is 5.55. The summed E-state index contributed by atoms with van der Waals surface area (Å²) in [6.45, 7) is 0.0921. The van der Waals surface area contributed by atoms with Crippen LogP contribution < -0.4 is 5.32 Å². The average molecular weight is 431 g/mol. The van der Waals surface area contributed by atoms with Crippen molar-refractivity contribution in [3.05, 3.63) is 95.1 Å². The molecule has 0 saturated heterocycles. The first-order valence-electron chi connectivity index (χ1n) is 10.1. The average Bonchev–Trinajstić information content (AvgIpc) is 3.11. The van der Waals surface area contributed by atoms with Crippen molar-refractivity contribution in [2.45, 2.75) is 18.4 Å². The van der Waals surface area contributed by atoms with Gasteiger partial charge in [-0.25, -0.2) is 9.59 Å². The van der Waals surface area contributed by atoms with Crippen molar-refractivity contribution in [2.75, 3.05) is 6.61 Å². The molecule has 162 valence electrons. The minimum absolute atomic E-state index is 0.00669. The van der Waals surface area contributed by atoms with Gasteiger partial charge < -0.3 is 20.3 Å². The van der Waals surface area contributed by atoms with Crippen LogP contribution in [0.25, 0.3) is 11.1 Å². The normalized spacial score (nSPS) is 13.0. The zero-order valence-electron chi connectivity index (χ0n) is 17.0. The minimum atomic E-state index is -1.14.